The van der Waals surface area contributed by atoms with Crippen LogP contribution in [0, 0.1) is 13.8 Å². The molecule has 0 aliphatic carbocycles. The van der Waals surface area contributed by atoms with Gasteiger partial charge in [-0.05, 0) is 54.7 Å². The summed E-state index contributed by atoms with van der Waals surface area (Å²) >= 11 is 0. The molecule has 2 aromatic heterocycles. The Kier molecular flexibility index (Phi) is 10.0. The van der Waals surface area contributed by atoms with Crippen molar-refractivity contribution in [1.82, 2.24) is 19.8 Å². The van der Waals surface area contributed by atoms with Gasteiger partial charge in [-0.1, -0.05) is 24.3 Å². The molecule has 1 spiro atoms. The molecule has 3 aliphatic heterocycles. The molecule has 266 valence electrons. The molecule has 0 saturated carbocycles. The van der Waals surface area contributed by atoms with Gasteiger partial charge in [0.2, 0.25) is 0 Å². The van der Waals surface area contributed by atoms with Crippen LogP contribution < -0.4 is 20.1 Å². The zero-order chi connectivity index (χ0) is 35.5. The lowest BCUT2D eigenvalue weighted by Crippen LogP contribution is -2.67. The summed E-state index contributed by atoms with van der Waals surface area (Å²) in [6.45, 7) is 10.2. The summed E-state index contributed by atoms with van der Waals surface area (Å²) in [6.07, 6.45) is 5.50. The van der Waals surface area contributed by atoms with Crippen LogP contribution in [0.5, 0.6) is 11.5 Å². The van der Waals surface area contributed by atoms with E-state index in [-0.39, 0.29) is 28.8 Å². The van der Waals surface area contributed by atoms with Crippen molar-refractivity contribution in [2.24, 2.45) is 0 Å². The van der Waals surface area contributed by atoms with Gasteiger partial charge in [0, 0.05) is 92.8 Å². The quantitative estimate of drug-likeness (QED) is 0.210. The maximum absolute atomic E-state index is 13.4. The molecule has 12 nitrogen and oxygen atoms in total. The number of hydrogen-bond acceptors (Lipinski definition) is 10. The van der Waals surface area contributed by atoms with Gasteiger partial charge in [-0.15, -0.1) is 0 Å². The van der Waals surface area contributed by atoms with Crippen LogP contribution in [0.25, 0.3) is 11.1 Å². The number of likely N-dealkylation sites (tertiary alicyclic amines) is 1. The van der Waals surface area contributed by atoms with E-state index in [1.54, 1.807) is 38.7 Å². The predicted octanol–water partition coefficient (Wildman–Crippen LogP) is 5.44. The lowest BCUT2D eigenvalue weighted by Gasteiger charge is -2.55. The molecular formula is C39H44N6O6. The molecule has 51 heavy (non-hydrogen) atoms. The molecule has 7 rings (SSSR count). The van der Waals surface area contributed by atoms with E-state index < -0.39 is 0 Å². The summed E-state index contributed by atoms with van der Waals surface area (Å²) in [5.41, 5.74) is 7.33. The van der Waals surface area contributed by atoms with Gasteiger partial charge in [0.1, 0.15) is 22.9 Å². The molecule has 2 aromatic carbocycles. The average molecular weight is 693 g/mol. The molecule has 0 bridgehead atoms. The molecule has 3 saturated heterocycles. The lowest BCUT2D eigenvalue weighted by molar-refractivity contribution is -0.223. The predicted molar refractivity (Wildman–Crippen MR) is 193 cm³/mol. The van der Waals surface area contributed by atoms with E-state index in [0.29, 0.717) is 42.7 Å². The Bertz CT molecular complexity index is 1930. The first kappa shape index (κ1) is 34.6. The Morgan fingerprint density at radius 3 is 1.78 bits per heavy atom. The molecular weight excluding hydrogens is 648 g/mol. The lowest BCUT2D eigenvalue weighted by atomic mass is 9.86. The third-order valence-electron chi connectivity index (χ3n) is 10.1. The standard InChI is InChI=1S/C39H44N6O6/c1-25-29(8-5-10-31(25)42-37(46)33-16-35(48-3)27(18-40-33)20-44-13-7-14-50-24-44)30-9-6-11-32(26(30)2)43-38(47)34-17-36(49-4)28(19-41-34)21-45-22-39(23-45)12-15-51-39/h5-6,8-11,16-19H,7,12-15,20-24H2,1-4H3,(H,42,46)(H,43,47). The highest BCUT2D eigenvalue weighted by atomic mass is 16.5. The van der Waals surface area contributed by atoms with E-state index in [1.165, 1.54) is 0 Å². The third-order valence-corrected chi connectivity index (χ3v) is 10.1. The van der Waals surface area contributed by atoms with Crippen molar-refractivity contribution in [3.63, 3.8) is 0 Å². The number of nitrogens with one attached hydrogen (secondary N) is 2. The molecule has 2 N–H and O–H groups in total. The summed E-state index contributed by atoms with van der Waals surface area (Å²) in [7, 11) is 3.20. The van der Waals surface area contributed by atoms with E-state index in [1.807, 2.05) is 50.2 Å². The van der Waals surface area contributed by atoms with Crippen molar-refractivity contribution < 1.29 is 28.5 Å². The Morgan fingerprint density at radius 2 is 1.33 bits per heavy atom. The molecule has 4 aromatic rings. The van der Waals surface area contributed by atoms with Crippen molar-refractivity contribution in [1.29, 1.82) is 0 Å². The number of anilines is 2. The molecule has 0 radical (unpaired) electrons. The monoisotopic (exact) mass is 692 g/mol. The maximum atomic E-state index is 13.4. The van der Waals surface area contributed by atoms with Gasteiger partial charge in [-0.3, -0.25) is 29.4 Å². The van der Waals surface area contributed by atoms with Gasteiger partial charge >= 0.3 is 0 Å². The van der Waals surface area contributed by atoms with Crippen molar-refractivity contribution in [3.05, 3.63) is 94.6 Å². The molecule has 2 amide bonds. The van der Waals surface area contributed by atoms with E-state index in [9.17, 15) is 9.59 Å². The average Bonchev–Trinajstić information content (AvgIpc) is 3.11. The number of hydrogen-bond donors (Lipinski definition) is 2. The minimum atomic E-state index is -0.339. The van der Waals surface area contributed by atoms with Gasteiger partial charge in [0.15, 0.2) is 0 Å². The van der Waals surface area contributed by atoms with Gasteiger partial charge in [-0.2, -0.15) is 0 Å². The van der Waals surface area contributed by atoms with Crippen molar-refractivity contribution in [2.45, 2.75) is 45.4 Å². The van der Waals surface area contributed by atoms with Crippen molar-refractivity contribution in [2.75, 3.05) is 64.4 Å². The Balaban J connectivity index is 1.04. The Morgan fingerprint density at radius 1 is 0.804 bits per heavy atom. The zero-order valence-electron chi connectivity index (χ0n) is 29.6. The summed E-state index contributed by atoms with van der Waals surface area (Å²) in [6, 6.07) is 14.9. The van der Waals surface area contributed by atoms with Crippen molar-refractivity contribution in [3.8, 4) is 22.6 Å². The number of carbonyl (C=O) groups is 2. The van der Waals surface area contributed by atoms with Gasteiger partial charge in [0.25, 0.3) is 11.8 Å². The van der Waals surface area contributed by atoms with E-state index in [2.05, 4.69) is 30.4 Å². The van der Waals surface area contributed by atoms with Gasteiger partial charge in [0.05, 0.1) is 33.2 Å². The van der Waals surface area contributed by atoms with Crippen LogP contribution in [-0.2, 0) is 22.6 Å². The highest BCUT2D eigenvalue weighted by molar-refractivity contribution is 6.05. The number of nitrogens with zero attached hydrogens (tertiary/aromatic N) is 4. The highest BCUT2D eigenvalue weighted by Gasteiger charge is 2.48. The molecule has 12 heteroatoms. The summed E-state index contributed by atoms with van der Waals surface area (Å²) in [5, 5.41) is 6.08. The zero-order valence-corrected chi connectivity index (χ0v) is 29.6. The number of pyridine rings is 2. The summed E-state index contributed by atoms with van der Waals surface area (Å²) in [4.78, 5) is 40.3. The Hall–Kier alpha value is -4.88. The number of amides is 2. The summed E-state index contributed by atoms with van der Waals surface area (Å²) < 4.78 is 22.6. The molecule has 0 atom stereocenters. The number of benzene rings is 2. The van der Waals surface area contributed by atoms with Crippen molar-refractivity contribution >= 4 is 23.2 Å². The SMILES string of the molecule is COc1cc(C(=O)Nc2cccc(-c3cccc(NC(=O)c4cc(OC)c(CN5CC6(CCO6)C5)cn4)c3C)c2C)ncc1CN1CCCOC1. The minimum absolute atomic E-state index is 0.0446. The van der Waals surface area contributed by atoms with Crippen LogP contribution in [0.1, 0.15) is 56.1 Å². The first-order valence-corrected chi connectivity index (χ1v) is 17.3. The number of rotatable bonds is 11. The van der Waals surface area contributed by atoms with Crippen LogP contribution in [0.2, 0.25) is 0 Å². The number of carbonyl (C=O) groups excluding carboxylic acids is 2. The first-order chi connectivity index (χ1) is 24.8. The van der Waals surface area contributed by atoms with Crippen LogP contribution in [0.4, 0.5) is 11.4 Å². The third kappa shape index (κ3) is 7.31. The van der Waals surface area contributed by atoms with Crippen LogP contribution in [-0.4, -0.2) is 91.0 Å². The summed E-state index contributed by atoms with van der Waals surface area (Å²) in [5.74, 6) is 0.563. The normalized spacial score (nSPS) is 16.9. The fraction of sp³-hybridized carbons (Fsp3) is 0.385. The fourth-order valence-corrected chi connectivity index (χ4v) is 7.07. The number of methoxy groups -OCH3 is 2. The van der Waals surface area contributed by atoms with E-state index >= 15 is 0 Å². The number of ether oxygens (including phenoxy) is 4. The topological polar surface area (TPSA) is 127 Å². The fourth-order valence-electron chi connectivity index (χ4n) is 7.07. The largest absolute Gasteiger partial charge is 0.496 e. The van der Waals surface area contributed by atoms with Crippen LogP contribution >= 0.6 is 0 Å². The minimum Gasteiger partial charge on any atom is -0.496 e. The smallest absolute Gasteiger partial charge is 0.274 e. The molecule has 5 heterocycles. The number of aromatic nitrogens is 2. The maximum Gasteiger partial charge on any atom is 0.274 e. The first-order valence-electron chi connectivity index (χ1n) is 17.3. The van der Waals surface area contributed by atoms with E-state index in [0.717, 1.165) is 79.1 Å². The van der Waals surface area contributed by atoms with Gasteiger partial charge in [-0.25, -0.2) is 0 Å². The van der Waals surface area contributed by atoms with Crippen LogP contribution in [0.3, 0.4) is 0 Å². The molecule has 3 fully saturated rings. The molecule has 3 aliphatic rings. The molecule has 0 unspecified atom stereocenters. The second kappa shape index (κ2) is 14.8. The Labute approximate surface area is 298 Å². The van der Waals surface area contributed by atoms with Crippen LogP contribution in [0.15, 0.2) is 60.9 Å². The highest BCUT2D eigenvalue weighted by Crippen LogP contribution is 2.38. The van der Waals surface area contributed by atoms with Gasteiger partial charge < -0.3 is 29.6 Å². The second-order valence-corrected chi connectivity index (χ2v) is 13.5. The van der Waals surface area contributed by atoms with E-state index in [4.69, 9.17) is 18.9 Å². The second-order valence-electron chi connectivity index (χ2n) is 13.5.